The van der Waals surface area contributed by atoms with Gasteiger partial charge < -0.3 is 19.2 Å². The average molecular weight is 295 g/mol. The molecule has 0 saturated heterocycles. The molecular weight excluding hydrogens is 274 g/mol. The highest BCUT2D eigenvalue weighted by atomic mass is 16.5. The van der Waals surface area contributed by atoms with Crippen molar-refractivity contribution in [3.8, 4) is 0 Å². The summed E-state index contributed by atoms with van der Waals surface area (Å²) in [4.78, 5) is 37.5. The number of amides is 1. The largest absolute Gasteiger partial charge is 0.488 e. The molecule has 116 valence electrons. The number of hydrogen-bond donors (Lipinski definition) is 0. The van der Waals surface area contributed by atoms with Gasteiger partial charge in [-0.1, -0.05) is 19.3 Å². The Bertz CT molecular complexity index is 465. The molecule has 1 heterocycles. The highest BCUT2D eigenvalue weighted by Gasteiger charge is 2.47. The topological polar surface area (TPSA) is 72.9 Å². The summed E-state index contributed by atoms with van der Waals surface area (Å²) < 4.78 is 10.0. The van der Waals surface area contributed by atoms with Gasteiger partial charge in [0.2, 0.25) is 0 Å². The van der Waals surface area contributed by atoms with Gasteiger partial charge in [0.25, 0.3) is 5.91 Å². The molecule has 2 aliphatic rings. The van der Waals surface area contributed by atoms with Gasteiger partial charge in [0.15, 0.2) is 5.76 Å². The minimum atomic E-state index is -0.894. The SMILES string of the molecule is CCOC1=C(C(=O)OC)C(C=O)N(C2CCCCC2)C1=O. The highest BCUT2D eigenvalue weighted by molar-refractivity contribution is 6.10. The quantitative estimate of drug-likeness (QED) is 0.563. The van der Waals surface area contributed by atoms with Crippen LogP contribution in [-0.4, -0.2) is 48.9 Å². The van der Waals surface area contributed by atoms with Crippen molar-refractivity contribution in [1.82, 2.24) is 4.90 Å². The van der Waals surface area contributed by atoms with Gasteiger partial charge in [0.1, 0.15) is 17.9 Å². The van der Waals surface area contributed by atoms with E-state index in [1.54, 1.807) is 6.92 Å². The molecule has 2 rings (SSSR count). The molecule has 0 N–H and O–H groups in total. The Hall–Kier alpha value is -1.85. The highest BCUT2D eigenvalue weighted by Crippen LogP contribution is 2.33. The van der Waals surface area contributed by atoms with E-state index in [9.17, 15) is 14.4 Å². The summed E-state index contributed by atoms with van der Waals surface area (Å²) in [6.07, 6.45) is 5.52. The molecule has 0 bridgehead atoms. The molecule has 0 spiro atoms. The second-order valence-corrected chi connectivity index (χ2v) is 5.25. The standard InChI is InChI=1S/C15H21NO5/c1-3-21-13-12(15(19)20-2)11(9-17)16(14(13)18)10-7-5-4-6-8-10/h9-11H,3-8H2,1-2H3. The van der Waals surface area contributed by atoms with Crippen molar-refractivity contribution in [3.05, 3.63) is 11.3 Å². The summed E-state index contributed by atoms with van der Waals surface area (Å²) in [5, 5.41) is 0. The van der Waals surface area contributed by atoms with E-state index >= 15 is 0 Å². The smallest absolute Gasteiger partial charge is 0.340 e. The molecule has 1 atom stereocenters. The van der Waals surface area contributed by atoms with Crippen LogP contribution in [0.2, 0.25) is 0 Å². The van der Waals surface area contributed by atoms with Gasteiger partial charge in [-0.15, -0.1) is 0 Å². The van der Waals surface area contributed by atoms with Crippen LogP contribution in [0, 0.1) is 0 Å². The van der Waals surface area contributed by atoms with Crippen molar-refractivity contribution in [1.29, 1.82) is 0 Å². The number of esters is 1. The lowest BCUT2D eigenvalue weighted by molar-refractivity contribution is -0.138. The van der Waals surface area contributed by atoms with Crippen LogP contribution in [0.25, 0.3) is 0 Å². The molecule has 6 heteroatoms. The summed E-state index contributed by atoms with van der Waals surface area (Å²) in [6, 6.07) is -0.909. The average Bonchev–Trinajstić information content (AvgIpc) is 2.80. The van der Waals surface area contributed by atoms with Gasteiger partial charge in [0, 0.05) is 6.04 Å². The van der Waals surface area contributed by atoms with E-state index in [2.05, 4.69) is 0 Å². The lowest BCUT2D eigenvalue weighted by atomic mass is 9.93. The summed E-state index contributed by atoms with van der Waals surface area (Å²) in [7, 11) is 1.23. The number of ether oxygens (including phenoxy) is 2. The van der Waals surface area contributed by atoms with Crippen LogP contribution in [0.15, 0.2) is 11.3 Å². The van der Waals surface area contributed by atoms with Crippen LogP contribution in [0.3, 0.4) is 0 Å². The van der Waals surface area contributed by atoms with Crippen LogP contribution >= 0.6 is 0 Å². The maximum Gasteiger partial charge on any atom is 0.340 e. The van der Waals surface area contributed by atoms with Crippen molar-refractivity contribution < 1.29 is 23.9 Å². The third-order valence-electron chi connectivity index (χ3n) is 4.06. The van der Waals surface area contributed by atoms with Crippen LogP contribution in [-0.2, 0) is 23.9 Å². The third kappa shape index (κ3) is 2.80. The molecule has 0 aromatic heterocycles. The fourth-order valence-electron chi connectivity index (χ4n) is 3.13. The van der Waals surface area contributed by atoms with E-state index in [1.807, 2.05) is 0 Å². The molecule has 0 radical (unpaired) electrons. The Kier molecular flexibility index (Phi) is 4.98. The molecule has 1 fully saturated rings. The molecule has 1 unspecified atom stereocenters. The first-order valence-electron chi connectivity index (χ1n) is 7.38. The fourth-order valence-corrected chi connectivity index (χ4v) is 3.13. The molecule has 1 saturated carbocycles. The van der Waals surface area contributed by atoms with Gasteiger partial charge >= 0.3 is 5.97 Å². The van der Waals surface area contributed by atoms with E-state index in [0.717, 1.165) is 32.1 Å². The Morgan fingerprint density at radius 1 is 1.33 bits per heavy atom. The van der Waals surface area contributed by atoms with Crippen molar-refractivity contribution in [2.45, 2.75) is 51.1 Å². The second kappa shape index (κ2) is 6.74. The Balaban J connectivity index is 2.36. The molecule has 0 aromatic rings. The molecular formula is C15H21NO5. The normalized spacial score (nSPS) is 23.4. The molecule has 6 nitrogen and oxygen atoms in total. The first-order chi connectivity index (χ1) is 10.2. The van der Waals surface area contributed by atoms with Crippen molar-refractivity contribution >= 4 is 18.2 Å². The van der Waals surface area contributed by atoms with Crippen LogP contribution in [0.4, 0.5) is 0 Å². The second-order valence-electron chi connectivity index (χ2n) is 5.25. The number of carbonyl (C=O) groups is 3. The van der Waals surface area contributed by atoms with Gasteiger partial charge in [-0.2, -0.15) is 0 Å². The number of hydrogen-bond acceptors (Lipinski definition) is 5. The summed E-state index contributed by atoms with van der Waals surface area (Å²) >= 11 is 0. The van der Waals surface area contributed by atoms with Gasteiger partial charge in [0.05, 0.1) is 13.7 Å². The summed E-state index contributed by atoms with van der Waals surface area (Å²) in [5.41, 5.74) is 0.0323. The van der Waals surface area contributed by atoms with E-state index in [4.69, 9.17) is 9.47 Å². The first-order valence-corrected chi connectivity index (χ1v) is 7.38. The zero-order valence-corrected chi connectivity index (χ0v) is 12.5. The minimum Gasteiger partial charge on any atom is -0.488 e. The Morgan fingerprint density at radius 2 is 2.00 bits per heavy atom. The fraction of sp³-hybridized carbons (Fsp3) is 0.667. The molecule has 1 aliphatic carbocycles. The lowest BCUT2D eigenvalue weighted by Crippen LogP contribution is -2.46. The first kappa shape index (κ1) is 15.5. The summed E-state index contributed by atoms with van der Waals surface area (Å²) in [5.74, 6) is -1.09. The van der Waals surface area contributed by atoms with E-state index in [-0.39, 0.29) is 29.9 Å². The lowest BCUT2D eigenvalue weighted by Gasteiger charge is -2.34. The van der Waals surface area contributed by atoms with Gasteiger partial charge in [-0.3, -0.25) is 4.79 Å². The number of aldehydes is 1. The number of carbonyl (C=O) groups excluding carboxylic acids is 3. The van der Waals surface area contributed by atoms with E-state index in [0.29, 0.717) is 6.29 Å². The third-order valence-corrected chi connectivity index (χ3v) is 4.06. The zero-order valence-electron chi connectivity index (χ0n) is 12.5. The molecule has 0 aromatic carbocycles. The number of rotatable bonds is 5. The van der Waals surface area contributed by atoms with Crippen LogP contribution < -0.4 is 0 Å². The van der Waals surface area contributed by atoms with E-state index in [1.165, 1.54) is 12.0 Å². The number of methoxy groups -OCH3 is 1. The van der Waals surface area contributed by atoms with Gasteiger partial charge in [-0.25, -0.2) is 4.79 Å². The minimum absolute atomic E-state index is 0.0148. The Labute approximate surface area is 124 Å². The summed E-state index contributed by atoms with van der Waals surface area (Å²) in [6.45, 7) is 1.99. The van der Waals surface area contributed by atoms with E-state index < -0.39 is 12.0 Å². The predicted molar refractivity (Wildman–Crippen MR) is 74.2 cm³/mol. The van der Waals surface area contributed by atoms with Crippen molar-refractivity contribution in [3.63, 3.8) is 0 Å². The predicted octanol–water partition coefficient (Wildman–Crippen LogP) is 1.19. The maximum atomic E-state index is 12.6. The molecule has 1 amide bonds. The van der Waals surface area contributed by atoms with Crippen molar-refractivity contribution in [2.75, 3.05) is 13.7 Å². The number of nitrogens with zero attached hydrogens (tertiary/aromatic N) is 1. The van der Waals surface area contributed by atoms with Crippen LogP contribution in [0.1, 0.15) is 39.0 Å². The molecule has 1 aliphatic heterocycles. The van der Waals surface area contributed by atoms with Gasteiger partial charge in [-0.05, 0) is 19.8 Å². The zero-order chi connectivity index (χ0) is 15.4. The van der Waals surface area contributed by atoms with Crippen molar-refractivity contribution in [2.24, 2.45) is 0 Å². The molecule has 21 heavy (non-hydrogen) atoms. The maximum absolute atomic E-state index is 12.6. The van der Waals surface area contributed by atoms with Crippen LogP contribution in [0.5, 0.6) is 0 Å². The Morgan fingerprint density at radius 3 is 2.52 bits per heavy atom. The monoisotopic (exact) mass is 295 g/mol.